The first-order valence-electron chi connectivity index (χ1n) is 6.86. The number of nitrogens with zero attached hydrogens (tertiary/aromatic N) is 1. The van der Waals surface area contributed by atoms with Crippen molar-refractivity contribution >= 4 is 17.3 Å². The number of carbonyl (C=O) groups is 1. The number of anilines is 1. The van der Waals surface area contributed by atoms with Gasteiger partial charge in [-0.15, -0.1) is 0 Å². The Balaban J connectivity index is 2.30. The maximum atomic E-state index is 12.4. The third-order valence-electron chi connectivity index (χ3n) is 3.29. The van der Waals surface area contributed by atoms with Crippen LogP contribution in [0, 0.1) is 10.1 Å². The lowest BCUT2D eigenvalue weighted by atomic mass is 10.1. The molecule has 8 nitrogen and oxygen atoms in total. The maximum Gasteiger partial charge on any atom is 0.312 e. The number of nitro benzene ring substituents is 1. The van der Waals surface area contributed by atoms with Gasteiger partial charge >= 0.3 is 5.69 Å². The summed E-state index contributed by atoms with van der Waals surface area (Å²) in [4.78, 5) is 22.9. The maximum absolute atomic E-state index is 12.4. The topological polar surface area (TPSA) is 99.9 Å². The van der Waals surface area contributed by atoms with Gasteiger partial charge in [-0.25, -0.2) is 0 Å². The Morgan fingerprint density at radius 3 is 2.29 bits per heavy atom. The summed E-state index contributed by atoms with van der Waals surface area (Å²) in [6.45, 7) is 0. The Morgan fingerprint density at radius 1 is 1.00 bits per heavy atom. The van der Waals surface area contributed by atoms with Crippen molar-refractivity contribution in [3.05, 3.63) is 52.1 Å². The molecule has 0 heterocycles. The number of benzene rings is 2. The Morgan fingerprint density at radius 2 is 1.71 bits per heavy atom. The summed E-state index contributed by atoms with van der Waals surface area (Å²) in [5, 5.41) is 13.6. The lowest BCUT2D eigenvalue weighted by Gasteiger charge is -2.11. The number of methoxy groups -OCH3 is 3. The van der Waals surface area contributed by atoms with Gasteiger partial charge < -0.3 is 19.5 Å². The van der Waals surface area contributed by atoms with E-state index in [0.717, 1.165) is 0 Å². The summed E-state index contributed by atoms with van der Waals surface area (Å²) in [6, 6.07) is 8.90. The minimum atomic E-state index is -0.581. The monoisotopic (exact) mass is 332 g/mol. The highest BCUT2D eigenvalue weighted by Crippen LogP contribution is 2.30. The number of rotatable bonds is 6. The zero-order chi connectivity index (χ0) is 17.7. The minimum absolute atomic E-state index is 0.111. The van der Waals surface area contributed by atoms with Crippen LogP contribution in [-0.4, -0.2) is 32.2 Å². The van der Waals surface area contributed by atoms with E-state index in [1.807, 2.05) is 0 Å². The standard InChI is InChI=1S/C16H16N2O6/c1-22-11-5-6-12(15(9-11)24-3)16(19)17-10-4-7-14(23-2)13(8-10)18(20)21/h4-9H,1-3H3,(H,17,19). The SMILES string of the molecule is COc1ccc(C(=O)Nc2ccc(OC)c([N+](=O)[O-])c2)c(OC)c1. The number of nitro groups is 1. The highest BCUT2D eigenvalue weighted by atomic mass is 16.6. The van der Waals surface area contributed by atoms with Crippen LogP contribution in [0.15, 0.2) is 36.4 Å². The molecule has 0 unspecified atom stereocenters. The Labute approximate surface area is 138 Å². The fourth-order valence-corrected chi connectivity index (χ4v) is 2.09. The zero-order valence-corrected chi connectivity index (χ0v) is 13.4. The molecule has 126 valence electrons. The molecule has 0 atom stereocenters. The molecular formula is C16H16N2O6. The first-order valence-corrected chi connectivity index (χ1v) is 6.86. The quantitative estimate of drug-likeness (QED) is 0.645. The fraction of sp³-hybridized carbons (Fsp3) is 0.188. The summed E-state index contributed by atoms with van der Waals surface area (Å²) in [7, 11) is 4.28. The van der Waals surface area contributed by atoms with Crippen molar-refractivity contribution in [2.45, 2.75) is 0 Å². The van der Waals surface area contributed by atoms with Crippen molar-refractivity contribution in [1.29, 1.82) is 0 Å². The van der Waals surface area contributed by atoms with Crippen LogP contribution in [0.25, 0.3) is 0 Å². The Bertz CT molecular complexity index is 775. The fourth-order valence-electron chi connectivity index (χ4n) is 2.09. The molecule has 0 aromatic heterocycles. The molecule has 8 heteroatoms. The molecule has 2 aromatic carbocycles. The number of carbonyl (C=O) groups excluding carboxylic acids is 1. The molecule has 0 radical (unpaired) electrons. The third kappa shape index (κ3) is 3.54. The van der Waals surface area contributed by atoms with Gasteiger partial charge in [0.1, 0.15) is 11.5 Å². The summed E-state index contributed by atoms with van der Waals surface area (Å²) < 4.78 is 15.2. The van der Waals surface area contributed by atoms with E-state index in [4.69, 9.17) is 14.2 Å². The van der Waals surface area contributed by atoms with Crippen LogP contribution >= 0.6 is 0 Å². The molecule has 0 aliphatic heterocycles. The van der Waals surface area contributed by atoms with E-state index in [1.54, 1.807) is 18.2 Å². The van der Waals surface area contributed by atoms with Crippen LogP contribution in [0.1, 0.15) is 10.4 Å². The van der Waals surface area contributed by atoms with Crippen LogP contribution in [-0.2, 0) is 0 Å². The van der Waals surface area contributed by atoms with Crippen molar-refractivity contribution in [3.63, 3.8) is 0 Å². The smallest absolute Gasteiger partial charge is 0.312 e. The highest BCUT2D eigenvalue weighted by molar-refractivity contribution is 6.06. The molecular weight excluding hydrogens is 316 g/mol. The third-order valence-corrected chi connectivity index (χ3v) is 3.29. The van der Waals surface area contributed by atoms with Gasteiger partial charge in [-0.05, 0) is 24.3 Å². The van der Waals surface area contributed by atoms with Gasteiger partial charge in [-0.3, -0.25) is 14.9 Å². The van der Waals surface area contributed by atoms with Gasteiger partial charge in [0.25, 0.3) is 5.91 Å². The van der Waals surface area contributed by atoms with Gasteiger partial charge in [0.2, 0.25) is 0 Å². The van der Waals surface area contributed by atoms with Crippen molar-refractivity contribution in [3.8, 4) is 17.2 Å². The summed E-state index contributed by atoms with van der Waals surface area (Å²) >= 11 is 0. The molecule has 0 aliphatic carbocycles. The van der Waals surface area contributed by atoms with E-state index in [2.05, 4.69) is 5.32 Å². The van der Waals surface area contributed by atoms with Crippen LogP contribution in [0.5, 0.6) is 17.2 Å². The van der Waals surface area contributed by atoms with Crippen molar-refractivity contribution in [2.75, 3.05) is 26.6 Å². The molecule has 1 N–H and O–H groups in total. The lowest BCUT2D eigenvalue weighted by molar-refractivity contribution is -0.385. The molecule has 2 rings (SSSR count). The molecule has 1 amide bonds. The van der Waals surface area contributed by atoms with Crippen molar-refractivity contribution in [2.24, 2.45) is 0 Å². The van der Waals surface area contributed by atoms with Gasteiger partial charge in [0, 0.05) is 17.8 Å². The van der Waals surface area contributed by atoms with E-state index in [-0.39, 0.29) is 22.7 Å². The zero-order valence-electron chi connectivity index (χ0n) is 13.4. The molecule has 2 aromatic rings. The number of amides is 1. The van der Waals surface area contributed by atoms with Crippen LogP contribution in [0.3, 0.4) is 0 Å². The van der Waals surface area contributed by atoms with Crippen molar-refractivity contribution < 1.29 is 23.9 Å². The number of hydrogen-bond donors (Lipinski definition) is 1. The summed E-state index contributed by atoms with van der Waals surface area (Å²) in [5.41, 5.74) is 0.305. The number of hydrogen-bond acceptors (Lipinski definition) is 6. The average molecular weight is 332 g/mol. The first kappa shape index (κ1) is 17.1. The summed E-state index contributed by atoms with van der Waals surface area (Å²) in [6.07, 6.45) is 0. The highest BCUT2D eigenvalue weighted by Gasteiger charge is 2.18. The predicted octanol–water partition coefficient (Wildman–Crippen LogP) is 2.87. The van der Waals surface area contributed by atoms with E-state index in [9.17, 15) is 14.9 Å². The lowest BCUT2D eigenvalue weighted by Crippen LogP contribution is -2.13. The van der Waals surface area contributed by atoms with Crippen LogP contribution in [0.2, 0.25) is 0 Å². The van der Waals surface area contributed by atoms with Gasteiger partial charge in [-0.2, -0.15) is 0 Å². The minimum Gasteiger partial charge on any atom is -0.497 e. The average Bonchev–Trinajstić information content (AvgIpc) is 2.60. The first-order chi connectivity index (χ1) is 11.5. The molecule has 0 bridgehead atoms. The van der Waals surface area contributed by atoms with Gasteiger partial charge in [0.15, 0.2) is 5.75 Å². The second-order valence-electron chi connectivity index (χ2n) is 4.66. The van der Waals surface area contributed by atoms with Crippen LogP contribution < -0.4 is 19.5 Å². The molecule has 0 fully saturated rings. The Hall–Kier alpha value is -3.29. The number of ether oxygens (including phenoxy) is 3. The molecule has 0 saturated heterocycles. The number of nitrogens with one attached hydrogen (secondary N) is 1. The van der Waals surface area contributed by atoms with Gasteiger partial charge in [0.05, 0.1) is 31.8 Å². The van der Waals surface area contributed by atoms with E-state index in [1.165, 1.54) is 39.5 Å². The predicted molar refractivity (Wildman–Crippen MR) is 87.1 cm³/mol. The largest absolute Gasteiger partial charge is 0.497 e. The molecule has 0 saturated carbocycles. The van der Waals surface area contributed by atoms with E-state index >= 15 is 0 Å². The Kier molecular flexibility index (Phi) is 5.20. The second-order valence-corrected chi connectivity index (χ2v) is 4.66. The van der Waals surface area contributed by atoms with Gasteiger partial charge in [-0.1, -0.05) is 0 Å². The van der Waals surface area contributed by atoms with E-state index in [0.29, 0.717) is 11.5 Å². The summed E-state index contributed by atoms with van der Waals surface area (Å²) in [5.74, 6) is 0.521. The van der Waals surface area contributed by atoms with E-state index < -0.39 is 10.8 Å². The molecule has 24 heavy (non-hydrogen) atoms. The van der Waals surface area contributed by atoms with Crippen molar-refractivity contribution in [1.82, 2.24) is 0 Å². The molecule has 0 spiro atoms. The molecule has 0 aliphatic rings. The second kappa shape index (κ2) is 7.32. The van der Waals surface area contributed by atoms with Crippen LogP contribution in [0.4, 0.5) is 11.4 Å². The normalized spacial score (nSPS) is 9.96.